The van der Waals surface area contributed by atoms with Gasteiger partial charge in [0.15, 0.2) is 0 Å². The highest BCUT2D eigenvalue weighted by Gasteiger charge is 2.26. The molecule has 0 aliphatic rings. The molecule has 6 nitrogen and oxygen atoms in total. The van der Waals surface area contributed by atoms with Gasteiger partial charge in [0.1, 0.15) is 0 Å². The van der Waals surface area contributed by atoms with E-state index in [1.54, 1.807) is 38.1 Å². The third-order valence-corrected chi connectivity index (χ3v) is 3.08. The molecule has 0 saturated heterocycles. The highest BCUT2D eigenvalue weighted by atomic mass is 16.4. The van der Waals surface area contributed by atoms with Crippen molar-refractivity contribution in [2.45, 2.75) is 27.2 Å². The molecule has 0 aromatic heterocycles. The zero-order valence-electron chi connectivity index (χ0n) is 12.4. The average molecular weight is 292 g/mol. The Morgan fingerprint density at radius 3 is 2.19 bits per heavy atom. The number of rotatable bonds is 6. The zero-order valence-corrected chi connectivity index (χ0v) is 12.4. The molecule has 2 amide bonds. The summed E-state index contributed by atoms with van der Waals surface area (Å²) in [6, 6.07) is 6.47. The lowest BCUT2D eigenvalue weighted by Gasteiger charge is -2.18. The molecule has 0 spiro atoms. The summed E-state index contributed by atoms with van der Waals surface area (Å²) in [6.45, 7) is 4.92. The Morgan fingerprint density at radius 2 is 1.71 bits per heavy atom. The molecule has 0 aliphatic heterocycles. The topological polar surface area (TPSA) is 95.5 Å². The maximum Gasteiger partial charge on any atom is 0.309 e. The summed E-state index contributed by atoms with van der Waals surface area (Å²) in [5.41, 5.74) is 0.200. The number of amides is 2. The van der Waals surface area contributed by atoms with Gasteiger partial charge in [-0.2, -0.15) is 0 Å². The van der Waals surface area contributed by atoms with E-state index in [9.17, 15) is 14.4 Å². The molecule has 0 fully saturated rings. The van der Waals surface area contributed by atoms with Crippen molar-refractivity contribution in [1.29, 1.82) is 0 Å². The van der Waals surface area contributed by atoms with Crippen LogP contribution in [0, 0.1) is 5.41 Å². The van der Waals surface area contributed by atoms with Gasteiger partial charge in [0.05, 0.1) is 5.41 Å². The lowest BCUT2D eigenvalue weighted by molar-refractivity contribution is -0.147. The van der Waals surface area contributed by atoms with Crippen molar-refractivity contribution in [3.63, 3.8) is 0 Å². The van der Waals surface area contributed by atoms with E-state index < -0.39 is 11.4 Å². The molecule has 0 bridgehead atoms. The van der Waals surface area contributed by atoms with E-state index in [4.69, 9.17) is 5.11 Å². The highest BCUT2D eigenvalue weighted by molar-refractivity contribution is 5.95. The number of nitrogens with one attached hydrogen (secondary N) is 2. The first-order chi connectivity index (χ1) is 9.72. The first kappa shape index (κ1) is 16.7. The summed E-state index contributed by atoms with van der Waals surface area (Å²) in [4.78, 5) is 33.7. The third-order valence-electron chi connectivity index (χ3n) is 3.08. The molecule has 1 rings (SSSR count). The summed E-state index contributed by atoms with van der Waals surface area (Å²) < 4.78 is 0. The predicted octanol–water partition coefficient (Wildman–Crippen LogP) is 1.88. The molecule has 1 aromatic rings. The van der Waals surface area contributed by atoms with E-state index in [-0.39, 0.29) is 18.4 Å². The molecular formula is C15H20N2O4. The Bertz CT molecular complexity index is 535. The lowest BCUT2D eigenvalue weighted by atomic mass is 9.90. The number of carboxylic acid groups (broad SMARTS) is 1. The highest BCUT2D eigenvalue weighted by Crippen LogP contribution is 2.19. The average Bonchev–Trinajstić information content (AvgIpc) is 2.38. The minimum Gasteiger partial charge on any atom is -0.481 e. The maximum atomic E-state index is 11.9. The molecule has 0 saturated carbocycles. The summed E-state index contributed by atoms with van der Waals surface area (Å²) in [5.74, 6) is -1.34. The molecule has 21 heavy (non-hydrogen) atoms. The molecule has 6 heteroatoms. The van der Waals surface area contributed by atoms with Gasteiger partial charge in [-0.15, -0.1) is 0 Å². The van der Waals surface area contributed by atoms with Crippen LogP contribution >= 0.6 is 0 Å². The van der Waals surface area contributed by atoms with Crippen LogP contribution in [0.5, 0.6) is 0 Å². The number of carboxylic acids is 1. The van der Waals surface area contributed by atoms with Gasteiger partial charge in [-0.05, 0) is 44.5 Å². The Balaban J connectivity index is 2.53. The van der Waals surface area contributed by atoms with E-state index >= 15 is 0 Å². The van der Waals surface area contributed by atoms with Gasteiger partial charge in [-0.3, -0.25) is 14.4 Å². The summed E-state index contributed by atoms with van der Waals surface area (Å²) >= 11 is 0. The summed E-state index contributed by atoms with van der Waals surface area (Å²) in [5, 5.41) is 14.3. The zero-order chi connectivity index (χ0) is 16.0. The molecule has 0 atom stereocenters. The molecule has 0 radical (unpaired) electrons. The van der Waals surface area contributed by atoms with E-state index in [1.165, 1.54) is 6.92 Å². The second-order valence-electron chi connectivity index (χ2n) is 5.45. The van der Waals surface area contributed by atoms with Gasteiger partial charge >= 0.3 is 5.97 Å². The molecular weight excluding hydrogens is 272 g/mol. The number of hydrogen-bond acceptors (Lipinski definition) is 3. The Hall–Kier alpha value is -2.37. The van der Waals surface area contributed by atoms with Crippen LogP contribution in [0.25, 0.3) is 0 Å². The summed E-state index contributed by atoms with van der Waals surface area (Å²) in [7, 11) is 0. The molecule has 0 aliphatic carbocycles. The van der Waals surface area contributed by atoms with Gasteiger partial charge in [-0.25, -0.2) is 0 Å². The fourth-order valence-electron chi connectivity index (χ4n) is 1.61. The van der Waals surface area contributed by atoms with Gasteiger partial charge in [0, 0.05) is 24.7 Å². The minimum atomic E-state index is -0.892. The molecule has 3 N–H and O–H groups in total. The molecule has 0 unspecified atom stereocenters. The molecule has 0 heterocycles. The van der Waals surface area contributed by atoms with Crippen molar-refractivity contribution in [2.24, 2.45) is 5.41 Å². The second-order valence-corrected chi connectivity index (χ2v) is 5.45. The van der Waals surface area contributed by atoms with Crippen molar-refractivity contribution >= 4 is 23.5 Å². The standard InChI is InChI=1S/C15H20N2O4/c1-10(18)17-12-6-4-11(5-7-12)13(19)16-9-8-15(2,3)14(20)21/h4-7H,8-9H2,1-3H3,(H,16,19)(H,17,18)(H,20,21). The Morgan fingerprint density at radius 1 is 1.14 bits per heavy atom. The van der Waals surface area contributed by atoms with E-state index in [1.807, 2.05) is 0 Å². The maximum absolute atomic E-state index is 11.9. The second kappa shape index (κ2) is 6.88. The van der Waals surface area contributed by atoms with E-state index in [0.717, 1.165) is 0 Å². The monoisotopic (exact) mass is 292 g/mol. The number of carbonyl (C=O) groups excluding carboxylic acids is 2. The smallest absolute Gasteiger partial charge is 0.309 e. The van der Waals surface area contributed by atoms with Crippen LogP contribution in [0.2, 0.25) is 0 Å². The first-order valence-corrected chi connectivity index (χ1v) is 6.61. The number of anilines is 1. The van der Waals surface area contributed by atoms with E-state index in [2.05, 4.69) is 10.6 Å². The number of carbonyl (C=O) groups is 3. The van der Waals surface area contributed by atoms with Crippen LogP contribution in [-0.4, -0.2) is 29.4 Å². The fraction of sp³-hybridized carbons (Fsp3) is 0.400. The quantitative estimate of drug-likeness (QED) is 0.746. The van der Waals surface area contributed by atoms with Gasteiger partial charge in [0.2, 0.25) is 5.91 Å². The normalized spacial score (nSPS) is 10.8. The van der Waals surface area contributed by atoms with Crippen LogP contribution in [0.3, 0.4) is 0 Å². The van der Waals surface area contributed by atoms with E-state index in [0.29, 0.717) is 17.7 Å². The Labute approximate surface area is 123 Å². The van der Waals surface area contributed by atoms with Crippen molar-refractivity contribution in [3.8, 4) is 0 Å². The van der Waals surface area contributed by atoms with Crippen molar-refractivity contribution < 1.29 is 19.5 Å². The van der Waals surface area contributed by atoms with Crippen LogP contribution in [-0.2, 0) is 9.59 Å². The van der Waals surface area contributed by atoms with Gasteiger partial charge in [-0.1, -0.05) is 0 Å². The van der Waals surface area contributed by atoms with Gasteiger partial charge in [0.25, 0.3) is 5.91 Å². The van der Waals surface area contributed by atoms with Crippen LogP contribution in [0.1, 0.15) is 37.6 Å². The van der Waals surface area contributed by atoms with Crippen LogP contribution in [0.4, 0.5) is 5.69 Å². The van der Waals surface area contributed by atoms with Crippen molar-refractivity contribution in [1.82, 2.24) is 5.32 Å². The number of aliphatic carboxylic acids is 1. The lowest BCUT2D eigenvalue weighted by Crippen LogP contribution is -2.31. The minimum absolute atomic E-state index is 0.178. The van der Waals surface area contributed by atoms with Crippen LogP contribution < -0.4 is 10.6 Å². The van der Waals surface area contributed by atoms with Crippen molar-refractivity contribution in [2.75, 3.05) is 11.9 Å². The largest absolute Gasteiger partial charge is 0.481 e. The fourth-order valence-corrected chi connectivity index (χ4v) is 1.61. The SMILES string of the molecule is CC(=O)Nc1ccc(C(=O)NCCC(C)(C)C(=O)O)cc1. The van der Waals surface area contributed by atoms with Gasteiger partial charge < -0.3 is 15.7 Å². The predicted molar refractivity (Wildman–Crippen MR) is 79.1 cm³/mol. The van der Waals surface area contributed by atoms with Crippen molar-refractivity contribution in [3.05, 3.63) is 29.8 Å². The molecule has 114 valence electrons. The number of benzene rings is 1. The third kappa shape index (κ3) is 5.25. The summed E-state index contributed by atoms with van der Waals surface area (Å²) in [6.07, 6.45) is 0.345. The first-order valence-electron chi connectivity index (χ1n) is 6.61. The molecule has 1 aromatic carbocycles. The Kier molecular flexibility index (Phi) is 5.46. The number of hydrogen-bond donors (Lipinski definition) is 3. The van der Waals surface area contributed by atoms with Crippen LogP contribution in [0.15, 0.2) is 24.3 Å².